The Kier molecular flexibility index (Phi) is 4.68. The molecule has 120 valence electrons. The monoisotopic (exact) mass is 320 g/mol. The molecule has 1 amide bonds. The third kappa shape index (κ3) is 4.08. The predicted molar refractivity (Wildman–Crippen MR) is 88.0 cm³/mol. The summed E-state index contributed by atoms with van der Waals surface area (Å²) in [6, 6.07) is 11.3. The van der Waals surface area contributed by atoms with Crippen LogP contribution in [0.2, 0.25) is 0 Å². The molecule has 0 atom stereocenters. The Bertz CT molecular complexity index is 842. The average molecular weight is 320 g/mol. The Labute approximate surface area is 138 Å². The first-order chi connectivity index (χ1) is 11.7. The number of carbonyl (C=O) groups excluding carboxylic acids is 1. The van der Waals surface area contributed by atoms with Crippen molar-refractivity contribution in [3.63, 3.8) is 0 Å². The van der Waals surface area contributed by atoms with Crippen LogP contribution in [0.3, 0.4) is 0 Å². The highest BCUT2D eigenvalue weighted by atomic mass is 16.1. The minimum Gasteiger partial charge on any atom is -0.323 e. The number of H-pyrrole nitrogens is 1. The molecule has 7 heteroatoms. The van der Waals surface area contributed by atoms with Crippen molar-refractivity contribution in [3.05, 3.63) is 65.7 Å². The zero-order chi connectivity index (χ0) is 16.8. The molecule has 3 aromatic rings. The van der Waals surface area contributed by atoms with Gasteiger partial charge in [0.15, 0.2) is 0 Å². The molecule has 0 saturated carbocycles. The summed E-state index contributed by atoms with van der Waals surface area (Å²) in [4.78, 5) is 11.9. The molecule has 0 fully saturated rings. The molecule has 2 heterocycles. The molecule has 24 heavy (non-hydrogen) atoms. The zero-order valence-electron chi connectivity index (χ0n) is 12.9. The van der Waals surface area contributed by atoms with Crippen molar-refractivity contribution in [2.75, 3.05) is 5.32 Å². The van der Waals surface area contributed by atoms with Crippen LogP contribution in [0.15, 0.2) is 48.9 Å². The lowest BCUT2D eigenvalue weighted by atomic mass is 10.1. The fourth-order valence-electron chi connectivity index (χ4n) is 2.28. The van der Waals surface area contributed by atoms with Gasteiger partial charge >= 0.3 is 0 Å². The highest BCUT2D eigenvalue weighted by molar-refractivity contribution is 5.90. The van der Waals surface area contributed by atoms with Gasteiger partial charge in [0, 0.05) is 24.5 Å². The molecule has 1 aromatic carbocycles. The highest BCUT2D eigenvalue weighted by Crippen LogP contribution is 2.10. The Morgan fingerprint density at radius 3 is 2.83 bits per heavy atom. The number of benzene rings is 1. The van der Waals surface area contributed by atoms with Crippen LogP contribution in [-0.4, -0.2) is 25.9 Å². The van der Waals surface area contributed by atoms with Crippen LogP contribution in [0.1, 0.15) is 23.2 Å². The summed E-state index contributed by atoms with van der Waals surface area (Å²) in [5.74, 6) is -0.0671. The summed E-state index contributed by atoms with van der Waals surface area (Å²) < 4.78 is 1.74. The lowest BCUT2D eigenvalue weighted by Crippen LogP contribution is -2.12. The molecule has 2 aromatic heterocycles. The predicted octanol–water partition coefficient (Wildman–Crippen LogP) is 2.10. The number of anilines is 1. The van der Waals surface area contributed by atoms with Crippen LogP contribution in [0, 0.1) is 11.3 Å². The van der Waals surface area contributed by atoms with Gasteiger partial charge in [-0.3, -0.25) is 14.6 Å². The number of carbonyl (C=O) groups is 1. The van der Waals surface area contributed by atoms with Crippen LogP contribution in [0.4, 0.5) is 5.69 Å². The number of nitrogens with one attached hydrogen (secondary N) is 2. The van der Waals surface area contributed by atoms with Gasteiger partial charge in [0.05, 0.1) is 30.1 Å². The first-order valence-corrected chi connectivity index (χ1v) is 7.52. The number of hydrogen-bond acceptors (Lipinski definition) is 4. The van der Waals surface area contributed by atoms with E-state index in [4.69, 9.17) is 5.26 Å². The maximum atomic E-state index is 11.9. The van der Waals surface area contributed by atoms with Crippen LogP contribution in [0.25, 0.3) is 0 Å². The average Bonchev–Trinajstić information content (AvgIpc) is 3.26. The van der Waals surface area contributed by atoms with Crippen molar-refractivity contribution in [1.29, 1.82) is 5.26 Å². The molecule has 0 aliphatic heterocycles. The Morgan fingerprint density at radius 1 is 1.29 bits per heavy atom. The Balaban J connectivity index is 1.52. The van der Waals surface area contributed by atoms with Gasteiger partial charge in [0.2, 0.25) is 5.91 Å². The van der Waals surface area contributed by atoms with Gasteiger partial charge in [-0.15, -0.1) is 0 Å². The van der Waals surface area contributed by atoms with Gasteiger partial charge in [-0.05, 0) is 30.2 Å². The fraction of sp³-hybridized carbons (Fsp3) is 0.176. The third-order valence-electron chi connectivity index (χ3n) is 3.52. The van der Waals surface area contributed by atoms with E-state index in [-0.39, 0.29) is 5.91 Å². The summed E-state index contributed by atoms with van der Waals surface area (Å²) in [6.45, 7) is 0.579. The quantitative estimate of drug-likeness (QED) is 0.726. The molecule has 2 N–H and O–H groups in total. The molecule has 0 spiro atoms. The van der Waals surface area contributed by atoms with E-state index in [0.29, 0.717) is 30.6 Å². The highest BCUT2D eigenvalue weighted by Gasteiger charge is 2.06. The van der Waals surface area contributed by atoms with Crippen molar-refractivity contribution in [1.82, 2.24) is 20.0 Å². The Morgan fingerprint density at radius 2 is 2.12 bits per heavy atom. The summed E-state index contributed by atoms with van der Waals surface area (Å²) >= 11 is 0. The van der Waals surface area contributed by atoms with E-state index in [1.54, 1.807) is 35.4 Å². The molecule has 0 unspecified atom stereocenters. The normalized spacial score (nSPS) is 10.3. The maximum absolute atomic E-state index is 11.9. The van der Waals surface area contributed by atoms with Gasteiger partial charge in [0.1, 0.15) is 0 Å². The van der Waals surface area contributed by atoms with Crippen molar-refractivity contribution < 1.29 is 4.79 Å². The molecule has 3 rings (SSSR count). The molecule has 0 saturated heterocycles. The minimum absolute atomic E-state index is 0.0671. The van der Waals surface area contributed by atoms with E-state index in [1.165, 1.54) is 0 Å². The standard InChI is InChI=1S/C17H16N6O/c18-9-13-1-3-14(4-2-13)11-23-12-16(10-20-23)21-17(24)6-5-15-7-8-19-22-15/h1-4,7-8,10,12H,5-6,11H2,(H,19,22)(H,21,24). The smallest absolute Gasteiger partial charge is 0.224 e. The van der Waals surface area contributed by atoms with Gasteiger partial charge < -0.3 is 5.32 Å². The summed E-state index contributed by atoms with van der Waals surface area (Å²) in [6.07, 6.45) is 6.07. The van der Waals surface area contributed by atoms with Crippen molar-refractivity contribution in [2.24, 2.45) is 0 Å². The van der Waals surface area contributed by atoms with E-state index < -0.39 is 0 Å². The first kappa shape index (κ1) is 15.5. The van der Waals surface area contributed by atoms with Crippen LogP contribution >= 0.6 is 0 Å². The van der Waals surface area contributed by atoms with E-state index in [2.05, 4.69) is 26.7 Å². The molecular weight excluding hydrogens is 304 g/mol. The van der Waals surface area contributed by atoms with Crippen LogP contribution in [0.5, 0.6) is 0 Å². The van der Waals surface area contributed by atoms with Crippen molar-refractivity contribution >= 4 is 11.6 Å². The van der Waals surface area contributed by atoms with E-state index in [0.717, 1.165) is 11.3 Å². The van der Waals surface area contributed by atoms with Crippen LogP contribution in [-0.2, 0) is 17.8 Å². The van der Waals surface area contributed by atoms with Gasteiger partial charge in [-0.2, -0.15) is 15.5 Å². The van der Waals surface area contributed by atoms with Gasteiger partial charge in [-0.1, -0.05) is 12.1 Å². The van der Waals surface area contributed by atoms with E-state index in [9.17, 15) is 4.79 Å². The third-order valence-corrected chi connectivity index (χ3v) is 3.52. The molecular formula is C17H16N6O. The molecule has 0 bridgehead atoms. The number of hydrogen-bond donors (Lipinski definition) is 2. The lowest BCUT2D eigenvalue weighted by molar-refractivity contribution is -0.116. The van der Waals surface area contributed by atoms with E-state index in [1.807, 2.05) is 18.2 Å². The first-order valence-electron chi connectivity index (χ1n) is 7.52. The minimum atomic E-state index is -0.0671. The second-order valence-corrected chi connectivity index (χ2v) is 5.37. The second kappa shape index (κ2) is 7.24. The molecule has 7 nitrogen and oxygen atoms in total. The fourth-order valence-corrected chi connectivity index (χ4v) is 2.28. The van der Waals surface area contributed by atoms with Gasteiger partial charge in [-0.25, -0.2) is 0 Å². The van der Waals surface area contributed by atoms with Crippen molar-refractivity contribution in [2.45, 2.75) is 19.4 Å². The number of aryl methyl sites for hydroxylation is 1. The number of aromatic amines is 1. The lowest BCUT2D eigenvalue weighted by Gasteiger charge is -2.02. The molecule has 0 aliphatic carbocycles. The van der Waals surface area contributed by atoms with Crippen molar-refractivity contribution in [3.8, 4) is 6.07 Å². The summed E-state index contributed by atoms with van der Waals surface area (Å²) in [7, 11) is 0. The number of nitrogens with zero attached hydrogens (tertiary/aromatic N) is 4. The number of rotatable bonds is 6. The maximum Gasteiger partial charge on any atom is 0.224 e. The van der Waals surface area contributed by atoms with Gasteiger partial charge in [0.25, 0.3) is 0 Å². The Hall–Kier alpha value is -3.40. The zero-order valence-corrected chi connectivity index (χ0v) is 12.9. The topological polar surface area (TPSA) is 99.4 Å². The van der Waals surface area contributed by atoms with Crippen LogP contribution < -0.4 is 5.32 Å². The molecule has 0 radical (unpaired) electrons. The SMILES string of the molecule is N#Cc1ccc(Cn2cc(NC(=O)CCc3ccn[nH]3)cn2)cc1. The number of nitriles is 1. The molecule has 0 aliphatic rings. The summed E-state index contributed by atoms with van der Waals surface area (Å²) in [5, 5.41) is 22.5. The summed E-state index contributed by atoms with van der Waals surface area (Å²) in [5.41, 5.74) is 3.26. The largest absolute Gasteiger partial charge is 0.323 e. The number of amides is 1. The second-order valence-electron chi connectivity index (χ2n) is 5.37. The van der Waals surface area contributed by atoms with E-state index >= 15 is 0 Å². The number of aromatic nitrogens is 4.